The van der Waals surface area contributed by atoms with Crippen molar-refractivity contribution in [1.82, 2.24) is 5.32 Å². The van der Waals surface area contributed by atoms with E-state index in [9.17, 15) is 0 Å². The van der Waals surface area contributed by atoms with E-state index in [2.05, 4.69) is 69.1 Å². The zero-order valence-electron chi connectivity index (χ0n) is 11.5. The molecule has 0 saturated carbocycles. The maximum Gasteiger partial charge on any atom is 0.120 e. The smallest absolute Gasteiger partial charge is 0.120 e. The van der Waals surface area contributed by atoms with Gasteiger partial charge in [-0.15, -0.1) is 11.3 Å². The third-order valence-corrected chi connectivity index (χ3v) is 4.57. The van der Waals surface area contributed by atoms with Crippen LogP contribution in [0.1, 0.15) is 4.88 Å². The summed E-state index contributed by atoms with van der Waals surface area (Å²) >= 11 is 5.26. The van der Waals surface area contributed by atoms with Crippen LogP contribution in [0, 0.1) is 0 Å². The number of fused-ring (bicyclic) bond motifs is 1. The zero-order chi connectivity index (χ0) is 14.5. The molecule has 0 saturated heterocycles. The lowest BCUT2D eigenvalue weighted by Gasteiger charge is -2.08. The van der Waals surface area contributed by atoms with Crippen LogP contribution in [0.3, 0.4) is 0 Å². The predicted molar refractivity (Wildman–Crippen MR) is 93.2 cm³/mol. The molecule has 108 valence electrons. The molecule has 0 bridgehead atoms. The highest BCUT2D eigenvalue weighted by atomic mass is 79.9. The Morgan fingerprint density at radius 2 is 1.90 bits per heavy atom. The summed E-state index contributed by atoms with van der Waals surface area (Å²) in [6.07, 6.45) is 0. The normalized spacial score (nSPS) is 10.9. The van der Waals surface area contributed by atoms with E-state index in [0.29, 0.717) is 6.61 Å². The van der Waals surface area contributed by atoms with Gasteiger partial charge in [0.25, 0.3) is 0 Å². The van der Waals surface area contributed by atoms with E-state index in [1.54, 1.807) is 11.3 Å². The molecular formula is C17H16BrNOS. The molecule has 3 aromatic rings. The van der Waals surface area contributed by atoms with Crippen molar-refractivity contribution in [1.29, 1.82) is 0 Å². The molecule has 21 heavy (non-hydrogen) atoms. The van der Waals surface area contributed by atoms with Crippen molar-refractivity contribution < 1.29 is 4.74 Å². The molecule has 4 heteroatoms. The fraction of sp³-hybridized carbons (Fsp3) is 0.176. The molecule has 0 aliphatic rings. The Morgan fingerprint density at radius 3 is 2.76 bits per heavy atom. The molecule has 0 fully saturated rings. The van der Waals surface area contributed by atoms with Crippen molar-refractivity contribution in [2.45, 2.75) is 6.54 Å². The summed E-state index contributed by atoms with van der Waals surface area (Å²) in [5.74, 6) is 0.919. The minimum absolute atomic E-state index is 0.674. The summed E-state index contributed by atoms with van der Waals surface area (Å²) in [6.45, 7) is 2.43. The number of thiophene rings is 1. The number of ether oxygens (including phenoxy) is 1. The topological polar surface area (TPSA) is 21.3 Å². The molecule has 3 rings (SSSR count). The van der Waals surface area contributed by atoms with Crippen molar-refractivity contribution in [3.8, 4) is 5.75 Å². The van der Waals surface area contributed by atoms with Crippen molar-refractivity contribution in [2.24, 2.45) is 0 Å². The summed E-state index contributed by atoms with van der Waals surface area (Å²) < 4.78 is 6.89. The summed E-state index contributed by atoms with van der Waals surface area (Å²) in [4.78, 5) is 1.35. The number of hydrogen-bond acceptors (Lipinski definition) is 3. The first kappa shape index (κ1) is 14.6. The Kier molecular flexibility index (Phi) is 4.91. The third-order valence-electron chi connectivity index (χ3n) is 3.20. The largest absolute Gasteiger partial charge is 0.492 e. The average Bonchev–Trinajstić information content (AvgIpc) is 3.00. The number of hydrogen-bond donors (Lipinski definition) is 1. The number of rotatable bonds is 6. The van der Waals surface area contributed by atoms with Crippen LogP contribution in [-0.4, -0.2) is 13.2 Å². The minimum Gasteiger partial charge on any atom is -0.492 e. The van der Waals surface area contributed by atoms with Gasteiger partial charge in [-0.2, -0.15) is 0 Å². The number of halogens is 1. The van der Waals surface area contributed by atoms with Crippen molar-refractivity contribution in [3.63, 3.8) is 0 Å². The van der Waals surface area contributed by atoms with Crippen LogP contribution in [0.4, 0.5) is 0 Å². The minimum atomic E-state index is 0.674. The van der Waals surface area contributed by atoms with Crippen LogP contribution in [0.5, 0.6) is 5.75 Å². The Hall–Kier alpha value is -1.36. The molecule has 0 atom stereocenters. The van der Waals surface area contributed by atoms with Gasteiger partial charge >= 0.3 is 0 Å². The van der Waals surface area contributed by atoms with E-state index in [1.807, 2.05) is 6.07 Å². The Labute approximate surface area is 136 Å². The Morgan fingerprint density at radius 1 is 1.05 bits per heavy atom. The van der Waals surface area contributed by atoms with Crippen molar-refractivity contribution in [3.05, 3.63) is 63.3 Å². The fourth-order valence-corrected chi connectivity index (χ4v) is 3.20. The van der Waals surface area contributed by atoms with Crippen LogP contribution >= 0.6 is 27.3 Å². The lowest BCUT2D eigenvalue weighted by molar-refractivity contribution is 0.314. The Bertz CT molecular complexity index is 712. The van der Waals surface area contributed by atoms with E-state index in [0.717, 1.165) is 23.3 Å². The van der Waals surface area contributed by atoms with E-state index in [-0.39, 0.29) is 0 Å². The van der Waals surface area contributed by atoms with E-state index in [4.69, 9.17) is 4.74 Å². The molecule has 1 aromatic heterocycles. The quantitative estimate of drug-likeness (QED) is 0.634. The van der Waals surface area contributed by atoms with Gasteiger partial charge in [0.15, 0.2) is 0 Å². The summed E-state index contributed by atoms with van der Waals surface area (Å²) in [5, 5.41) is 7.89. The van der Waals surface area contributed by atoms with Crippen LogP contribution in [0.2, 0.25) is 0 Å². The lowest BCUT2D eigenvalue weighted by Crippen LogP contribution is -2.20. The number of benzene rings is 2. The predicted octanol–water partition coefficient (Wildman–Crippen LogP) is 4.83. The molecule has 0 aliphatic heterocycles. The van der Waals surface area contributed by atoms with Crippen molar-refractivity contribution in [2.75, 3.05) is 13.2 Å². The molecule has 0 spiro atoms. The van der Waals surface area contributed by atoms with Crippen LogP contribution in [0.15, 0.2) is 58.4 Å². The van der Waals surface area contributed by atoms with Crippen molar-refractivity contribution >= 4 is 38.0 Å². The van der Waals surface area contributed by atoms with Crippen LogP contribution < -0.4 is 10.1 Å². The van der Waals surface area contributed by atoms with Gasteiger partial charge in [0.2, 0.25) is 0 Å². The van der Waals surface area contributed by atoms with Gasteiger partial charge < -0.3 is 10.1 Å². The van der Waals surface area contributed by atoms with Gasteiger partial charge in [-0.1, -0.05) is 34.1 Å². The van der Waals surface area contributed by atoms with E-state index in [1.165, 1.54) is 15.6 Å². The summed E-state index contributed by atoms with van der Waals surface area (Å²) in [5.41, 5.74) is 0. The molecule has 0 unspecified atom stereocenters. The molecule has 2 nitrogen and oxygen atoms in total. The first-order valence-corrected chi connectivity index (χ1v) is 8.54. The highest BCUT2D eigenvalue weighted by Gasteiger charge is 1.99. The molecule has 0 aliphatic carbocycles. The second kappa shape index (κ2) is 7.07. The highest BCUT2D eigenvalue weighted by molar-refractivity contribution is 9.10. The standard InChI is InChI=1S/C17H16BrNOS/c18-15-5-3-14-11-16(6-4-13(14)10-15)20-8-7-19-12-17-2-1-9-21-17/h1-6,9-11,19H,7-8,12H2. The molecule has 1 heterocycles. The van der Waals surface area contributed by atoms with Gasteiger partial charge in [-0.3, -0.25) is 0 Å². The second-order valence-electron chi connectivity index (χ2n) is 4.76. The van der Waals surface area contributed by atoms with Crippen LogP contribution in [-0.2, 0) is 6.54 Å². The maximum absolute atomic E-state index is 5.79. The Balaban J connectivity index is 1.50. The maximum atomic E-state index is 5.79. The van der Waals surface area contributed by atoms with E-state index < -0.39 is 0 Å². The van der Waals surface area contributed by atoms with Gasteiger partial charge in [-0.05, 0) is 46.5 Å². The zero-order valence-corrected chi connectivity index (χ0v) is 13.9. The molecular weight excluding hydrogens is 346 g/mol. The molecule has 2 aromatic carbocycles. The van der Waals surface area contributed by atoms with Gasteiger partial charge in [0.1, 0.15) is 12.4 Å². The van der Waals surface area contributed by atoms with Gasteiger partial charge in [0, 0.05) is 22.4 Å². The SMILES string of the molecule is Brc1ccc2cc(OCCNCc3cccs3)ccc2c1. The lowest BCUT2D eigenvalue weighted by atomic mass is 10.1. The first-order chi connectivity index (χ1) is 10.3. The molecule has 1 N–H and O–H groups in total. The summed E-state index contributed by atoms with van der Waals surface area (Å²) in [7, 11) is 0. The van der Waals surface area contributed by atoms with Gasteiger partial charge in [-0.25, -0.2) is 0 Å². The second-order valence-corrected chi connectivity index (χ2v) is 6.71. The number of nitrogens with one attached hydrogen (secondary N) is 1. The van der Waals surface area contributed by atoms with E-state index >= 15 is 0 Å². The highest BCUT2D eigenvalue weighted by Crippen LogP contribution is 2.24. The summed E-state index contributed by atoms with van der Waals surface area (Å²) in [6, 6.07) is 16.7. The van der Waals surface area contributed by atoms with Crippen LogP contribution in [0.25, 0.3) is 10.8 Å². The average molecular weight is 362 g/mol. The van der Waals surface area contributed by atoms with Gasteiger partial charge in [0.05, 0.1) is 0 Å². The molecule has 0 amide bonds. The molecule has 0 radical (unpaired) electrons. The first-order valence-electron chi connectivity index (χ1n) is 6.86. The fourth-order valence-electron chi connectivity index (χ4n) is 2.15. The third kappa shape index (κ3) is 4.06. The monoisotopic (exact) mass is 361 g/mol.